The van der Waals surface area contributed by atoms with Crippen LogP contribution in [-0.4, -0.2) is 83.1 Å². The van der Waals surface area contributed by atoms with Gasteiger partial charge in [0, 0.05) is 37.6 Å². The van der Waals surface area contributed by atoms with Crippen molar-refractivity contribution in [3.05, 3.63) is 35.4 Å². The number of hydrogen-bond donors (Lipinski definition) is 4. The molecule has 0 atom stereocenters. The average molecular weight is 506 g/mol. The van der Waals surface area contributed by atoms with E-state index in [1.54, 1.807) is 4.90 Å². The highest BCUT2D eigenvalue weighted by atomic mass is 19.4. The van der Waals surface area contributed by atoms with E-state index in [-0.39, 0.29) is 42.1 Å². The fourth-order valence-corrected chi connectivity index (χ4v) is 4.53. The van der Waals surface area contributed by atoms with Crippen molar-refractivity contribution in [1.82, 2.24) is 14.9 Å². The molecular weight excluding hydrogens is 479 g/mol. The zero-order valence-corrected chi connectivity index (χ0v) is 19.3. The van der Waals surface area contributed by atoms with Gasteiger partial charge >= 0.3 is 6.18 Å². The van der Waals surface area contributed by atoms with E-state index in [9.17, 15) is 23.1 Å². The SMILES string of the molecule is N=Cc1c(Nc2cccc(C(F)(F)F)c2)nc(NC2CC(O)C2)nc1N1CC(N2CCOCC2=O)C1. The summed E-state index contributed by atoms with van der Waals surface area (Å²) in [5, 5.41) is 23.7. The van der Waals surface area contributed by atoms with Gasteiger partial charge in [-0.15, -0.1) is 0 Å². The number of aromatic nitrogens is 2. The van der Waals surface area contributed by atoms with Crippen LogP contribution in [0, 0.1) is 5.41 Å². The number of carbonyl (C=O) groups excluding carboxylic acids is 1. The Labute approximate surface area is 205 Å². The molecule has 1 amide bonds. The highest BCUT2D eigenvalue weighted by Gasteiger charge is 2.38. The molecular formula is C23H26F3N7O3. The molecule has 3 aliphatic rings. The Balaban J connectivity index is 1.43. The predicted octanol–water partition coefficient (Wildman–Crippen LogP) is 2.22. The van der Waals surface area contributed by atoms with Crippen LogP contribution in [0.4, 0.5) is 36.4 Å². The first-order valence-electron chi connectivity index (χ1n) is 11.6. The normalized spacial score (nSPS) is 22.6. The minimum Gasteiger partial charge on any atom is -0.393 e. The minimum atomic E-state index is -4.50. The molecule has 1 aromatic heterocycles. The van der Waals surface area contributed by atoms with E-state index >= 15 is 0 Å². The third-order valence-corrected chi connectivity index (χ3v) is 6.59. The lowest BCUT2D eigenvalue weighted by Gasteiger charge is -2.47. The summed E-state index contributed by atoms with van der Waals surface area (Å²) in [6.45, 7) is 2.04. The number of benzene rings is 1. The van der Waals surface area contributed by atoms with Gasteiger partial charge in [0.2, 0.25) is 11.9 Å². The van der Waals surface area contributed by atoms with Crippen molar-refractivity contribution < 1.29 is 27.8 Å². The van der Waals surface area contributed by atoms with Gasteiger partial charge in [-0.3, -0.25) is 4.79 Å². The lowest BCUT2D eigenvalue weighted by Crippen LogP contribution is -2.63. The Morgan fingerprint density at radius 2 is 2.00 bits per heavy atom. The smallest absolute Gasteiger partial charge is 0.393 e. The Morgan fingerprint density at radius 1 is 1.22 bits per heavy atom. The maximum atomic E-state index is 13.2. The van der Waals surface area contributed by atoms with Crippen LogP contribution in [0.5, 0.6) is 0 Å². The predicted molar refractivity (Wildman–Crippen MR) is 126 cm³/mol. The molecule has 10 nitrogen and oxygen atoms in total. The van der Waals surface area contributed by atoms with Crippen molar-refractivity contribution in [2.75, 3.05) is 48.4 Å². The number of aliphatic hydroxyl groups excluding tert-OH is 1. The number of aliphatic hydroxyl groups is 1. The van der Waals surface area contributed by atoms with E-state index in [1.807, 2.05) is 4.90 Å². The summed E-state index contributed by atoms with van der Waals surface area (Å²) in [5.74, 6) is 0.794. The Hall–Kier alpha value is -3.45. The van der Waals surface area contributed by atoms with Crippen LogP contribution in [0.15, 0.2) is 24.3 Å². The molecule has 0 radical (unpaired) electrons. The fraction of sp³-hybridized carbons (Fsp3) is 0.478. The van der Waals surface area contributed by atoms with E-state index in [0.29, 0.717) is 50.5 Å². The second-order valence-corrected chi connectivity index (χ2v) is 9.15. The van der Waals surface area contributed by atoms with Gasteiger partial charge in [0.15, 0.2) is 0 Å². The number of amides is 1. The van der Waals surface area contributed by atoms with Crippen molar-refractivity contribution in [1.29, 1.82) is 5.41 Å². The second-order valence-electron chi connectivity index (χ2n) is 9.15. The monoisotopic (exact) mass is 505 g/mol. The molecule has 36 heavy (non-hydrogen) atoms. The van der Waals surface area contributed by atoms with Crippen LogP contribution in [0.3, 0.4) is 0 Å². The van der Waals surface area contributed by atoms with Crippen LogP contribution in [-0.2, 0) is 15.7 Å². The van der Waals surface area contributed by atoms with E-state index in [4.69, 9.17) is 10.1 Å². The zero-order valence-electron chi connectivity index (χ0n) is 19.3. The summed E-state index contributed by atoms with van der Waals surface area (Å²) in [6, 6.07) is 4.70. The van der Waals surface area contributed by atoms with Crippen LogP contribution >= 0.6 is 0 Å². The van der Waals surface area contributed by atoms with E-state index in [0.717, 1.165) is 18.3 Å². The molecule has 1 aliphatic carbocycles. The molecule has 1 saturated carbocycles. The molecule has 1 aromatic carbocycles. The lowest BCUT2D eigenvalue weighted by atomic mass is 9.90. The summed E-state index contributed by atoms with van der Waals surface area (Å²) < 4.78 is 44.8. The third kappa shape index (κ3) is 4.93. The summed E-state index contributed by atoms with van der Waals surface area (Å²) in [5.41, 5.74) is -0.317. The minimum absolute atomic E-state index is 0.0204. The average Bonchev–Trinajstić information content (AvgIpc) is 2.78. The first kappa shape index (κ1) is 24.3. The maximum absolute atomic E-state index is 13.2. The largest absolute Gasteiger partial charge is 0.416 e. The van der Waals surface area contributed by atoms with Crippen molar-refractivity contribution in [3.63, 3.8) is 0 Å². The van der Waals surface area contributed by atoms with E-state index < -0.39 is 17.8 Å². The Kier molecular flexibility index (Phi) is 6.43. The van der Waals surface area contributed by atoms with Gasteiger partial charge in [0.05, 0.1) is 29.9 Å². The second kappa shape index (κ2) is 9.54. The molecule has 13 heteroatoms. The van der Waals surface area contributed by atoms with Gasteiger partial charge in [-0.1, -0.05) is 6.07 Å². The molecule has 3 heterocycles. The highest BCUT2D eigenvalue weighted by Crippen LogP contribution is 2.35. The number of halogens is 3. The van der Waals surface area contributed by atoms with Crippen LogP contribution in [0.25, 0.3) is 0 Å². The van der Waals surface area contributed by atoms with Crippen LogP contribution < -0.4 is 15.5 Å². The Morgan fingerprint density at radius 3 is 2.67 bits per heavy atom. The first-order valence-corrected chi connectivity index (χ1v) is 11.6. The molecule has 2 aromatic rings. The van der Waals surface area contributed by atoms with Gasteiger partial charge in [0.1, 0.15) is 18.2 Å². The zero-order chi connectivity index (χ0) is 25.4. The van der Waals surface area contributed by atoms with Crippen molar-refractivity contribution in [3.8, 4) is 0 Å². The molecule has 0 bridgehead atoms. The lowest BCUT2D eigenvalue weighted by molar-refractivity contribution is -0.146. The number of hydrogen-bond acceptors (Lipinski definition) is 9. The number of anilines is 4. The van der Waals surface area contributed by atoms with Crippen molar-refractivity contribution in [2.24, 2.45) is 0 Å². The van der Waals surface area contributed by atoms with Gasteiger partial charge < -0.3 is 35.7 Å². The van der Waals surface area contributed by atoms with E-state index in [1.165, 1.54) is 12.1 Å². The molecule has 0 spiro atoms. The van der Waals surface area contributed by atoms with Crippen molar-refractivity contribution >= 4 is 35.4 Å². The van der Waals surface area contributed by atoms with Gasteiger partial charge in [-0.05, 0) is 31.0 Å². The molecule has 0 unspecified atom stereocenters. The number of ether oxygens (including phenoxy) is 1. The molecule has 2 aliphatic heterocycles. The standard InChI is InChI=1S/C23H26F3N7O3/c24-23(25,26)13-2-1-3-14(6-13)28-20-18(9-27)21(31-22(30-20)29-15-7-17(34)8-15)32-10-16(11-32)33-4-5-36-12-19(33)35/h1-3,6,9,15-17,27,34H,4-5,7-8,10-12H2,(H2,28,29,30,31). The first-order chi connectivity index (χ1) is 17.2. The summed E-state index contributed by atoms with van der Waals surface area (Å²) in [4.78, 5) is 24.9. The van der Waals surface area contributed by atoms with Gasteiger partial charge in [-0.25, -0.2) is 0 Å². The van der Waals surface area contributed by atoms with Gasteiger partial charge in [0.25, 0.3) is 0 Å². The number of morpholine rings is 1. The maximum Gasteiger partial charge on any atom is 0.416 e. The van der Waals surface area contributed by atoms with Gasteiger partial charge in [-0.2, -0.15) is 23.1 Å². The molecule has 4 N–H and O–H groups in total. The molecule has 3 fully saturated rings. The number of carbonyl (C=O) groups is 1. The highest BCUT2D eigenvalue weighted by molar-refractivity contribution is 5.93. The summed E-state index contributed by atoms with van der Waals surface area (Å²) >= 11 is 0. The van der Waals surface area contributed by atoms with Crippen LogP contribution in [0.1, 0.15) is 24.0 Å². The topological polar surface area (TPSA) is 127 Å². The van der Waals surface area contributed by atoms with Crippen molar-refractivity contribution in [2.45, 2.75) is 37.2 Å². The number of alkyl halides is 3. The molecule has 2 saturated heterocycles. The number of nitrogens with zero attached hydrogens (tertiary/aromatic N) is 4. The molecule has 5 rings (SSSR count). The number of nitrogens with one attached hydrogen (secondary N) is 3. The van der Waals surface area contributed by atoms with E-state index in [2.05, 4.69) is 20.6 Å². The third-order valence-electron chi connectivity index (χ3n) is 6.59. The van der Waals surface area contributed by atoms with Crippen LogP contribution in [0.2, 0.25) is 0 Å². The fourth-order valence-electron chi connectivity index (χ4n) is 4.53. The Bertz CT molecular complexity index is 1150. The molecule has 192 valence electrons. The summed E-state index contributed by atoms with van der Waals surface area (Å²) in [6.07, 6.45) is -2.76. The summed E-state index contributed by atoms with van der Waals surface area (Å²) in [7, 11) is 0. The quantitative estimate of drug-likeness (QED) is 0.422. The number of rotatable bonds is 7.